The van der Waals surface area contributed by atoms with E-state index in [9.17, 15) is 9.59 Å². The SMILES string of the molecule is COc1cccc(NC(=O)Cn2cc(-c3ccccc3)c3ncn(C4CC4)c(=O)c32)c1. The summed E-state index contributed by atoms with van der Waals surface area (Å²) in [6, 6.07) is 17.2. The Labute approximate surface area is 178 Å². The molecule has 0 atom stereocenters. The summed E-state index contributed by atoms with van der Waals surface area (Å²) in [6.07, 6.45) is 5.44. The first kappa shape index (κ1) is 19.1. The van der Waals surface area contributed by atoms with Crippen molar-refractivity contribution in [1.29, 1.82) is 0 Å². The molecule has 1 saturated carbocycles. The summed E-state index contributed by atoms with van der Waals surface area (Å²) >= 11 is 0. The Bertz CT molecular complexity index is 1320. The van der Waals surface area contributed by atoms with Gasteiger partial charge >= 0.3 is 0 Å². The standard InChI is InChI=1S/C24H22N4O3/c1-31-19-9-5-8-17(12-19)26-21(29)14-27-13-20(16-6-3-2-4-7-16)22-23(27)24(30)28(15-25-22)18-10-11-18/h2-9,12-13,15,18H,10-11,14H2,1H3,(H,26,29). The Morgan fingerprint density at radius 2 is 1.97 bits per heavy atom. The summed E-state index contributed by atoms with van der Waals surface area (Å²) in [5.41, 5.74) is 3.39. The van der Waals surface area contributed by atoms with Crippen molar-refractivity contribution in [2.45, 2.75) is 25.4 Å². The maximum absolute atomic E-state index is 13.3. The number of hydrogen-bond donors (Lipinski definition) is 1. The van der Waals surface area contributed by atoms with Gasteiger partial charge in [0.15, 0.2) is 0 Å². The molecule has 1 fully saturated rings. The number of rotatable bonds is 6. The highest BCUT2D eigenvalue weighted by molar-refractivity contribution is 5.95. The van der Waals surface area contributed by atoms with Gasteiger partial charge in [0.05, 0.1) is 13.4 Å². The van der Waals surface area contributed by atoms with Gasteiger partial charge in [0, 0.05) is 29.6 Å². The molecule has 0 bridgehead atoms. The van der Waals surface area contributed by atoms with Crippen LogP contribution in [0.5, 0.6) is 5.75 Å². The second-order valence-electron chi connectivity index (χ2n) is 7.70. The molecule has 156 valence electrons. The van der Waals surface area contributed by atoms with Crippen molar-refractivity contribution < 1.29 is 9.53 Å². The van der Waals surface area contributed by atoms with Crippen LogP contribution in [0.2, 0.25) is 0 Å². The molecule has 31 heavy (non-hydrogen) atoms. The second kappa shape index (κ2) is 7.75. The highest BCUT2D eigenvalue weighted by Crippen LogP contribution is 2.34. The largest absolute Gasteiger partial charge is 0.497 e. The summed E-state index contributed by atoms with van der Waals surface area (Å²) in [5.74, 6) is 0.429. The van der Waals surface area contributed by atoms with Gasteiger partial charge < -0.3 is 14.6 Å². The number of fused-ring (bicyclic) bond motifs is 1. The van der Waals surface area contributed by atoms with Gasteiger partial charge in [-0.05, 0) is 30.5 Å². The van der Waals surface area contributed by atoms with Crippen LogP contribution in [0, 0.1) is 0 Å². The first-order chi connectivity index (χ1) is 15.1. The van der Waals surface area contributed by atoms with Crippen molar-refractivity contribution in [3.63, 3.8) is 0 Å². The van der Waals surface area contributed by atoms with Crippen LogP contribution in [-0.4, -0.2) is 27.1 Å². The zero-order chi connectivity index (χ0) is 21.4. The first-order valence-corrected chi connectivity index (χ1v) is 10.2. The molecule has 2 aromatic carbocycles. The number of methoxy groups -OCH3 is 1. The third-order valence-electron chi connectivity index (χ3n) is 5.49. The first-order valence-electron chi connectivity index (χ1n) is 10.2. The van der Waals surface area contributed by atoms with Gasteiger partial charge in [0.1, 0.15) is 23.3 Å². The van der Waals surface area contributed by atoms with E-state index in [1.165, 1.54) is 0 Å². The Morgan fingerprint density at radius 3 is 2.71 bits per heavy atom. The molecule has 7 heteroatoms. The second-order valence-corrected chi connectivity index (χ2v) is 7.70. The smallest absolute Gasteiger partial charge is 0.278 e. The van der Waals surface area contributed by atoms with Gasteiger partial charge in [0.25, 0.3) is 5.56 Å². The van der Waals surface area contributed by atoms with E-state index in [0.717, 1.165) is 24.0 Å². The molecule has 7 nitrogen and oxygen atoms in total. The van der Waals surface area contributed by atoms with Gasteiger partial charge in [-0.1, -0.05) is 36.4 Å². The molecule has 2 heterocycles. The minimum absolute atomic E-state index is 0.00609. The van der Waals surface area contributed by atoms with Crippen LogP contribution in [0.4, 0.5) is 5.69 Å². The lowest BCUT2D eigenvalue weighted by Gasteiger charge is -2.09. The van der Waals surface area contributed by atoms with Crippen LogP contribution in [0.3, 0.4) is 0 Å². The molecule has 5 rings (SSSR count). The molecule has 0 radical (unpaired) electrons. The molecular formula is C24H22N4O3. The van der Waals surface area contributed by atoms with Crippen molar-refractivity contribution in [3.8, 4) is 16.9 Å². The lowest BCUT2D eigenvalue weighted by Crippen LogP contribution is -2.24. The third-order valence-corrected chi connectivity index (χ3v) is 5.49. The van der Waals surface area contributed by atoms with Crippen LogP contribution in [-0.2, 0) is 11.3 Å². The monoisotopic (exact) mass is 414 g/mol. The number of aromatic nitrogens is 3. The molecule has 0 spiro atoms. The number of carbonyl (C=O) groups excluding carboxylic acids is 1. The van der Waals surface area contributed by atoms with Crippen molar-refractivity contribution in [3.05, 3.63) is 77.5 Å². The number of ether oxygens (including phenoxy) is 1. The lowest BCUT2D eigenvalue weighted by molar-refractivity contribution is -0.116. The van der Waals surface area contributed by atoms with Gasteiger partial charge in [0.2, 0.25) is 5.91 Å². The number of hydrogen-bond acceptors (Lipinski definition) is 4. The normalized spacial score (nSPS) is 13.3. The van der Waals surface area contributed by atoms with Crippen molar-refractivity contribution in [2.75, 3.05) is 12.4 Å². The lowest BCUT2D eigenvalue weighted by atomic mass is 10.1. The highest BCUT2D eigenvalue weighted by Gasteiger charge is 2.27. The average Bonchev–Trinajstić information content (AvgIpc) is 3.56. The molecule has 0 saturated heterocycles. The highest BCUT2D eigenvalue weighted by atomic mass is 16.5. The Kier molecular flexibility index (Phi) is 4.78. The molecule has 1 aliphatic rings. The quantitative estimate of drug-likeness (QED) is 0.520. The predicted octanol–water partition coefficient (Wildman–Crippen LogP) is 3.85. The van der Waals surface area contributed by atoms with Crippen molar-refractivity contribution in [1.82, 2.24) is 14.1 Å². The molecule has 0 unspecified atom stereocenters. The fourth-order valence-corrected chi connectivity index (χ4v) is 3.82. The van der Waals surface area contributed by atoms with Crippen LogP contribution >= 0.6 is 0 Å². The van der Waals surface area contributed by atoms with Crippen LogP contribution < -0.4 is 15.6 Å². The molecule has 0 aliphatic heterocycles. The summed E-state index contributed by atoms with van der Waals surface area (Å²) in [6.45, 7) is 0.00609. The molecule has 1 N–H and O–H groups in total. The predicted molar refractivity (Wildman–Crippen MR) is 119 cm³/mol. The van der Waals surface area contributed by atoms with Gasteiger partial charge in [-0.15, -0.1) is 0 Å². The van der Waals surface area contributed by atoms with Crippen molar-refractivity contribution >= 4 is 22.6 Å². The maximum atomic E-state index is 13.3. The van der Waals surface area contributed by atoms with E-state index >= 15 is 0 Å². The van der Waals surface area contributed by atoms with E-state index in [-0.39, 0.29) is 24.1 Å². The van der Waals surface area contributed by atoms with Gasteiger partial charge in [-0.3, -0.25) is 14.2 Å². The zero-order valence-corrected chi connectivity index (χ0v) is 17.1. The van der Waals surface area contributed by atoms with E-state index < -0.39 is 0 Å². The van der Waals surface area contributed by atoms with Gasteiger partial charge in [-0.2, -0.15) is 0 Å². The number of anilines is 1. The van der Waals surface area contributed by atoms with Crippen LogP contribution in [0.15, 0.2) is 71.9 Å². The Hall–Kier alpha value is -3.87. The number of benzene rings is 2. The molecule has 1 aliphatic carbocycles. The maximum Gasteiger partial charge on any atom is 0.278 e. The van der Waals surface area contributed by atoms with E-state index in [1.807, 2.05) is 48.7 Å². The van der Waals surface area contributed by atoms with E-state index in [0.29, 0.717) is 22.5 Å². The summed E-state index contributed by atoms with van der Waals surface area (Å²) in [7, 11) is 1.58. The number of nitrogens with zero attached hydrogens (tertiary/aromatic N) is 3. The number of carbonyl (C=O) groups is 1. The Morgan fingerprint density at radius 1 is 1.16 bits per heavy atom. The van der Waals surface area contributed by atoms with E-state index in [1.54, 1.807) is 34.7 Å². The summed E-state index contributed by atoms with van der Waals surface area (Å²) in [5, 5.41) is 2.88. The van der Waals surface area contributed by atoms with E-state index in [4.69, 9.17) is 4.74 Å². The molecular weight excluding hydrogens is 392 g/mol. The third kappa shape index (κ3) is 3.70. The molecule has 2 aromatic heterocycles. The summed E-state index contributed by atoms with van der Waals surface area (Å²) < 4.78 is 8.61. The van der Waals surface area contributed by atoms with Gasteiger partial charge in [-0.25, -0.2) is 4.98 Å². The molecule has 1 amide bonds. The van der Waals surface area contributed by atoms with Crippen LogP contribution in [0.1, 0.15) is 18.9 Å². The number of amides is 1. The minimum atomic E-state index is -0.231. The molecule has 4 aromatic rings. The average molecular weight is 414 g/mol. The zero-order valence-electron chi connectivity index (χ0n) is 17.1. The number of nitrogens with one attached hydrogen (secondary N) is 1. The summed E-state index contributed by atoms with van der Waals surface area (Å²) in [4.78, 5) is 30.7. The van der Waals surface area contributed by atoms with Crippen molar-refractivity contribution in [2.24, 2.45) is 0 Å². The van der Waals surface area contributed by atoms with Crippen LogP contribution in [0.25, 0.3) is 22.2 Å². The fraction of sp³-hybridized carbons (Fsp3) is 0.208. The topological polar surface area (TPSA) is 78.2 Å². The fourth-order valence-electron chi connectivity index (χ4n) is 3.82. The van der Waals surface area contributed by atoms with E-state index in [2.05, 4.69) is 10.3 Å². The minimum Gasteiger partial charge on any atom is -0.497 e. The Balaban J connectivity index is 1.54.